The van der Waals surface area contributed by atoms with Crippen LogP contribution >= 0.6 is 0 Å². The second-order valence-corrected chi connectivity index (χ2v) is 13.9. The van der Waals surface area contributed by atoms with Crippen LogP contribution in [0.1, 0.15) is 0 Å². The molecule has 0 bridgehead atoms. The number of hydrogen-bond acceptors (Lipinski definition) is 5. The van der Waals surface area contributed by atoms with Gasteiger partial charge in [0.15, 0.2) is 17.5 Å². The van der Waals surface area contributed by atoms with E-state index in [1.54, 1.807) is 0 Å². The molecule has 56 heavy (non-hydrogen) atoms. The molecule has 0 saturated heterocycles. The van der Waals surface area contributed by atoms with E-state index in [0.29, 0.717) is 17.5 Å². The summed E-state index contributed by atoms with van der Waals surface area (Å²) in [7, 11) is 0. The molecule has 8 aromatic carbocycles. The number of aromatic nitrogens is 3. The highest BCUT2D eigenvalue weighted by atomic mass is 16.3. The number of benzene rings is 8. The molecule has 262 valence electrons. The Morgan fingerprint density at radius 2 is 0.750 bits per heavy atom. The summed E-state index contributed by atoms with van der Waals surface area (Å²) >= 11 is 0. The van der Waals surface area contributed by atoms with Crippen molar-refractivity contribution in [1.29, 1.82) is 0 Å². The Morgan fingerprint density at radius 1 is 0.268 bits per heavy atom. The van der Waals surface area contributed by atoms with Gasteiger partial charge >= 0.3 is 0 Å². The van der Waals surface area contributed by atoms with Gasteiger partial charge in [0.25, 0.3) is 0 Å². The average Bonchev–Trinajstić information content (AvgIpc) is 3.86. The highest BCUT2D eigenvalue weighted by Gasteiger charge is 2.22. The van der Waals surface area contributed by atoms with E-state index in [1.165, 1.54) is 0 Å². The average molecular weight is 718 g/mol. The van der Waals surface area contributed by atoms with Crippen molar-refractivity contribution in [3.63, 3.8) is 0 Å². The van der Waals surface area contributed by atoms with Gasteiger partial charge < -0.3 is 8.83 Å². The SMILES string of the molecule is c1ccc(-c2ccc(-c3nc(-c4ccccc4)nc(-c4cccc5c4oc4c(-c6ccc(-c7ccccc7)c7oc8ccccc8c67)cccc45)n3)cc2)cc1. The van der Waals surface area contributed by atoms with Crippen molar-refractivity contribution < 1.29 is 8.83 Å². The summed E-state index contributed by atoms with van der Waals surface area (Å²) < 4.78 is 13.6. The number of rotatable bonds is 6. The molecule has 0 atom stereocenters. The number of hydrogen-bond donors (Lipinski definition) is 0. The van der Waals surface area contributed by atoms with Gasteiger partial charge in [-0.2, -0.15) is 0 Å². The minimum atomic E-state index is 0.544. The van der Waals surface area contributed by atoms with Gasteiger partial charge in [-0.1, -0.05) is 170 Å². The van der Waals surface area contributed by atoms with E-state index in [2.05, 4.69) is 127 Å². The molecule has 5 nitrogen and oxygen atoms in total. The van der Waals surface area contributed by atoms with Crippen molar-refractivity contribution in [2.45, 2.75) is 0 Å². The summed E-state index contributed by atoms with van der Waals surface area (Å²) in [4.78, 5) is 15.2. The normalized spacial score (nSPS) is 11.6. The zero-order chi connectivity index (χ0) is 37.0. The molecule has 0 unspecified atom stereocenters. The van der Waals surface area contributed by atoms with Crippen LogP contribution in [0.3, 0.4) is 0 Å². The molecule has 0 N–H and O–H groups in total. The maximum Gasteiger partial charge on any atom is 0.167 e. The minimum Gasteiger partial charge on any atom is -0.455 e. The van der Waals surface area contributed by atoms with Crippen LogP contribution in [0.4, 0.5) is 0 Å². The van der Waals surface area contributed by atoms with Gasteiger partial charge in [-0.05, 0) is 40.5 Å². The van der Waals surface area contributed by atoms with Crippen LogP contribution in [0.25, 0.3) is 111 Å². The van der Waals surface area contributed by atoms with Crippen LogP contribution in [0.15, 0.2) is 197 Å². The van der Waals surface area contributed by atoms with Gasteiger partial charge in [0.1, 0.15) is 22.3 Å². The lowest BCUT2D eigenvalue weighted by atomic mass is 9.94. The van der Waals surface area contributed by atoms with Crippen molar-refractivity contribution in [2.24, 2.45) is 0 Å². The molecule has 11 aromatic rings. The maximum absolute atomic E-state index is 7.00. The Hall–Kier alpha value is -7.63. The molecule has 3 heterocycles. The Bertz CT molecular complexity index is 3220. The lowest BCUT2D eigenvalue weighted by molar-refractivity contribution is 0.669. The maximum atomic E-state index is 7.00. The monoisotopic (exact) mass is 717 g/mol. The van der Waals surface area contributed by atoms with E-state index in [9.17, 15) is 0 Å². The molecule has 0 fully saturated rings. The molecule has 0 aliphatic carbocycles. The Labute approximate surface area is 322 Å². The number of para-hydroxylation sites is 3. The smallest absolute Gasteiger partial charge is 0.167 e. The van der Waals surface area contributed by atoms with Gasteiger partial charge in [0.2, 0.25) is 0 Å². The third-order valence-corrected chi connectivity index (χ3v) is 10.6. The third-order valence-electron chi connectivity index (χ3n) is 10.6. The van der Waals surface area contributed by atoms with Crippen molar-refractivity contribution in [3.05, 3.63) is 188 Å². The highest BCUT2D eigenvalue weighted by Crippen LogP contribution is 2.45. The van der Waals surface area contributed by atoms with Crippen molar-refractivity contribution in [1.82, 2.24) is 15.0 Å². The topological polar surface area (TPSA) is 65.0 Å². The Morgan fingerprint density at radius 3 is 1.45 bits per heavy atom. The number of fused-ring (bicyclic) bond motifs is 6. The van der Waals surface area contributed by atoms with E-state index >= 15 is 0 Å². The van der Waals surface area contributed by atoms with E-state index in [1.807, 2.05) is 60.7 Å². The first-order valence-electron chi connectivity index (χ1n) is 18.7. The van der Waals surface area contributed by atoms with Gasteiger partial charge in [-0.3, -0.25) is 0 Å². The van der Waals surface area contributed by atoms with Crippen LogP contribution in [0, 0.1) is 0 Å². The lowest BCUT2D eigenvalue weighted by Gasteiger charge is -2.09. The zero-order valence-corrected chi connectivity index (χ0v) is 30.1. The Balaban J connectivity index is 1.10. The van der Waals surface area contributed by atoms with Gasteiger partial charge in [0, 0.05) is 43.8 Å². The van der Waals surface area contributed by atoms with Gasteiger partial charge in [-0.15, -0.1) is 0 Å². The lowest BCUT2D eigenvalue weighted by Crippen LogP contribution is -2.00. The van der Waals surface area contributed by atoms with Crippen molar-refractivity contribution in [2.75, 3.05) is 0 Å². The molecule has 0 spiro atoms. The van der Waals surface area contributed by atoms with E-state index in [4.69, 9.17) is 23.8 Å². The van der Waals surface area contributed by atoms with Crippen LogP contribution in [0.2, 0.25) is 0 Å². The molecule has 11 rings (SSSR count). The fraction of sp³-hybridized carbons (Fsp3) is 0. The third kappa shape index (κ3) is 5.29. The molecular formula is C51H31N3O2. The van der Waals surface area contributed by atoms with Crippen LogP contribution in [0.5, 0.6) is 0 Å². The first-order valence-corrected chi connectivity index (χ1v) is 18.7. The fourth-order valence-corrected chi connectivity index (χ4v) is 7.89. The van der Waals surface area contributed by atoms with Crippen molar-refractivity contribution >= 4 is 43.9 Å². The number of nitrogens with zero attached hydrogens (tertiary/aromatic N) is 3. The quantitative estimate of drug-likeness (QED) is 0.171. The standard InChI is InChI=1S/C51H31N3O2/c1-4-14-32(15-5-1)33-26-28-36(29-27-33)50-52-49(35-18-8-3-9-19-35)53-51(54-50)43-24-13-23-41-40-22-12-21-39(46(40)56-47(41)43)38-31-30-37(34-16-6-2-7-17-34)48-45(38)42-20-10-11-25-44(42)55-48/h1-31H. The summed E-state index contributed by atoms with van der Waals surface area (Å²) in [6.07, 6.45) is 0. The van der Waals surface area contributed by atoms with Crippen LogP contribution in [-0.4, -0.2) is 15.0 Å². The second-order valence-electron chi connectivity index (χ2n) is 13.9. The molecule has 5 heteroatoms. The Kier molecular flexibility index (Phi) is 7.42. The number of furan rings is 2. The van der Waals surface area contributed by atoms with Gasteiger partial charge in [0.05, 0.1) is 5.56 Å². The largest absolute Gasteiger partial charge is 0.455 e. The summed E-state index contributed by atoms with van der Waals surface area (Å²) in [5.41, 5.74) is 12.3. The summed E-state index contributed by atoms with van der Waals surface area (Å²) in [6, 6.07) is 64.4. The fourth-order valence-electron chi connectivity index (χ4n) is 7.89. The molecule has 0 aliphatic rings. The summed E-state index contributed by atoms with van der Waals surface area (Å²) in [6.45, 7) is 0. The molecular weight excluding hydrogens is 687 g/mol. The van der Waals surface area contributed by atoms with E-state index < -0.39 is 0 Å². The molecule has 0 amide bonds. The molecule has 0 aliphatic heterocycles. The van der Waals surface area contributed by atoms with E-state index in [-0.39, 0.29) is 0 Å². The first-order chi connectivity index (χ1) is 27.8. The minimum absolute atomic E-state index is 0.544. The van der Waals surface area contributed by atoms with E-state index in [0.717, 1.165) is 93.9 Å². The predicted octanol–water partition coefficient (Wildman–Crippen LogP) is 13.7. The summed E-state index contributed by atoms with van der Waals surface area (Å²) in [5.74, 6) is 1.73. The van der Waals surface area contributed by atoms with Crippen LogP contribution in [-0.2, 0) is 0 Å². The second kappa shape index (κ2) is 13.0. The first kappa shape index (κ1) is 31.9. The van der Waals surface area contributed by atoms with Gasteiger partial charge in [-0.25, -0.2) is 15.0 Å². The van der Waals surface area contributed by atoms with Crippen LogP contribution < -0.4 is 0 Å². The summed E-state index contributed by atoms with van der Waals surface area (Å²) in [5, 5.41) is 4.13. The molecule has 0 radical (unpaired) electrons. The highest BCUT2D eigenvalue weighted by molar-refractivity contribution is 6.20. The van der Waals surface area contributed by atoms with Crippen molar-refractivity contribution in [3.8, 4) is 67.5 Å². The molecule has 0 saturated carbocycles. The zero-order valence-electron chi connectivity index (χ0n) is 30.1. The molecule has 3 aromatic heterocycles. The predicted molar refractivity (Wildman–Crippen MR) is 227 cm³/mol.